The van der Waals surface area contributed by atoms with Crippen LogP contribution >= 0.6 is 23.6 Å². The number of aromatic amines is 1. The van der Waals surface area contributed by atoms with Crippen molar-refractivity contribution in [1.29, 1.82) is 0 Å². The van der Waals surface area contributed by atoms with Crippen LogP contribution in [-0.4, -0.2) is 19.6 Å². The average molecular weight is 318 g/mol. The lowest BCUT2D eigenvalue weighted by Crippen LogP contribution is -2.26. The van der Waals surface area contributed by atoms with Crippen LogP contribution in [0, 0.1) is 16.1 Å². The molecule has 1 aliphatic rings. The monoisotopic (exact) mass is 318 g/mol. The number of fused-ring (bicyclic) bond motifs is 5. The molecule has 0 saturated heterocycles. The maximum atomic E-state index is 5.25. The predicted octanol–water partition coefficient (Wildman–Crippen LogP) is 4.15. The van der Waals surface area contributed by atoms with Crippen LogP contribution in [0.2, 0.25) is 0 Å². The Labute approximate surface area is 132 Å². The minimum atomic E-state index is 0.367. The Morgan fingerprint density at radius 1 is 1.43 bits per heavy atom. The van der Waals surface area contributed by atoms with Crippen LogP contribution in [-0.2, 0) is 12.8 Å². The van der Waals surface area contributed by atoms with E-state index in [1.54, 1.807) is 6.33 Å². The first-order valence-electron chi connectivity index (χ1n) is 7.31. The summed E-state index contributed by atoms with van der Waals surface area (Å²) in [6.45, 7) is 7.04. The van der Waals surface area contributed by atoms with Gasteiger partial charge in [-0.2, -0.15) is 5.10 Å². The molecule has 0 fully saturated rings. The predicted molar refractivity (Wildman–Crippen MR) is 88.5 cm³/mol. The zero-order valence-corrected chi connectivity index (χ0v) is 14.1. The minimum absolute atomic E-state index is 0.367. The molecule has 21 heavy (non-hydrogen) atoms. The molecule has 1 atom stereocenters. The number of rotatable bonds is 0. The molecule has 0 aliphatic heterocycles. The Morgan fingerprint density at radius 3 is 3.00 bits per heavy atom. The summed E-state index contributed by atoms with van der Waals surface area (Å²) >= 11 is 7.09. The second-order valence-electron chi connectivity index (χ2n) is 6.96. The Hall–Kier alpha value is -1.27. The molecule has 0 amide bonds. The first-order chi connectivity index (χ1) is 9.95. The molecule has 4 nitrogen and oxygen atoms in total. The van der Waals surface area contributed by atoms with Gasteiger partial charge in [0.05, 0.1) is 5.39 Å². The van der Waals surface area contributed by atoms with Crippen LogP contribution in [0.15, 0.2) is 6.33 Å². The summed E-state index contributed by atoms with van der Waals surface area (Å²) in [7, 11) is 0. The normalized spacial score (nSPS) is 19.3. The van der Waals surface area contributed by atoms with Gasteiger partial charge >= 0.3 is 0 Å². The van der Waals surface area contributed by atoms with E-state index >= 15 is 0 Å². The van der Waals surface area contributed by atoms with Crippen molar-refractivity contribution in [2.75, 3.05) is 0 Å². The quantitative estimate of drug-likeness (QED) is 0.633. The largest absolute Gasteiger partial charge is 0.258 e. The molecular formula is C15H18N4S2. The van der Waals surface area contributed by atoms with Gasteiger partial charge in [0.2, 0.25) is 4.77 Å². The first kappa shape index (κ1) is 13.4. The molecular weight excluding hydrogens is 300 g/mol. The topological polar surface area (TPSA) is 46.0 Å². The third-order valence-corrected chi connectivity index (χ3v) is 6.14. The fourth-order valence-corrected chi connectivity index (χ4v) is 4.77. The fraction of sp³-hybridized carbons (Fsp3) is 0.533. The van der Waals surface area contributed by atoms with Gasteiger partial charge in [-0.1, -0.05) is 20.8 Å². The molecule has 0 unspecified atom stereocenters. The van der Waals surface area contributed by atoms with Crippen molar-refractivity contribution in [3.63, 3.8) is 0 Å². The molecule has 3 aromatic rings. The van der Waals surface area contributed by atoms with Crippen molar-refractivity contribution in [3.8, 4) is 0 Å². The number of hydrogen-bond donors (Lipinski definition) is 1. The average Bonchev–Trinajstić information content (AvgIpc) is 2.97. The summed E-state index contributed by atoms with van der Waals surface area (Å²) in [4.78, 5) is 7.17. The molecule has 0 saturated carbocycles. The van der Waals surface area contributed by atoms with Gasteiger partial charge in [0.15, 0.2) is 5.65 Å². The number of H-pyrrole nitrogens is 1. The lowest BCUT2D eigenvalue weighted by atomic mass is 9.72. The van der Waals surface area contributed by atoms with Crippen LogP contribution < -0.4 is 0 Å². The van der Waals surface area contributed by atoms with Crippen molar-refractivity contribution < 1.29 is 0 Å². The van der Waals surface area contributed by atoms with Crippen molar-refractivity contribution in [3.05, 3.63) is 21.5 Å². The molecule has 1 aliphatic carbocycles. The van der Waals surface area contributed by atoms with Gasteiger partial charge in [-0.15, -0.1) is 11.3 Å². The van der Waals surface area contributed by atoms with Gasteiger partial charge in [-0.3, -0.25) is 9.50 Å². The molecule has 3 aromatic heterocycles. The number of nitrogens with one attached hydrogen (secondary N) is 1. The lowest BCUT2D eigenvalue weighted by molar-refractivity contribution is 0.218. The van der Waals surface area contributed by atoms with Gasteiger partial charge in [0.25, 0.3) is 0 Å². The van der Waals surface area contributed by atoms with E-state index in [0.717, 1.165) is 29.2 Å². The standard InChI is InChI=1S/C15H18N4S2/c1-15(2,3)8-4-5-9-10(6-8)21-13-11(9)12-17-18-14(20)19(12)7-16-13/h7-8H,4-6H2,1-3H3,(H,18,20)/t8-/m1/s1. The first-order valence-corrected chi connectivity index (χ1v) is 8.53. The van der Waals surface area contributed by atoms with Gasteiger partial charge in [-0.05, 0) is 48.4 Å². The van der Waals surface area contributed by atoms with E-state index in [4.69, 9.17) is 12.2 Å². The highest BCUT2D eigenvalue weighted by Crippen LogP contribution is 2.43. The number of thiophene rings is 1. The van der Waals surface area contributed by atoms with E-state index in [2.05, 4.69) is 36.0 Å². The van der Waals surface area contributed by atoms with Gasteiger partial charge in [-0.25, -0.2) is 4.98 Å². The highest BCUT2D eigenvalue weighted by Gasteiger charge is 2.31. The van der Waals surface area contributed by atoms with Gasteiger partial charge < -0.3 is 0 Å². The molecule has 0 radical (unpaired) electrons. The smallest absolute Gasteiger partial charge is 0.200 e. The second kappa shape index (κ2) is 4.36. The highest BCUT2D eigenvalue weighted by molar-refractivity contribution is 7.71. The SMILES string of the molecule is CC(C)(C)[C@@H]1CCc2c(sc3ncn4c(=S)[nH]nc4c23)C1. The lowest BCUT2D eigenvalue weighted by Gasteiger charge is -2.33. The van der Waals surface area contributed by atoms with Crippen molar-refractivity contribution in [1.82, 2.24) is 19.6 Å². The zero-order chi connectivity index (χ0) is 14.8. The van der Waals surface area contributed by atoms with Crippen LogP contribution in [0.4, 0.5) is 0 Å². The molecule has 6 heteroatoms. The Balaban J connectivity index is 1.94. The van der Waals surface area contributed by atoms with Crippen LogP contribution in [0.1, 0.15) is 37.6 Å². The van der Waals surface area contributed by atoms with Crippen LogP contribution in [0.3, 0.4) is 0 Å². The maximum absolute atomic E-state index is 5.25. The van der Waals surface area contributed by atoms with Crippen LogP contribution in [0.25, 0.3) is 15.9 Å². The molecule has 0 aromatic carbocycles. The summed E-state index contributed by atoms with van der Waals surface area (Å²) in [6.07, 6.45) is 5.32. The summed E-state index contributed by atoms with van der Waals surface area (Å²) < 4.78 is 2.49. The summed E-state index contributed by atoms with van der Waals surface area (Å²) in [6, 6.07) is 0. The Kier molecular flexibility index (Phi) is 2.78. The highest BCUT2D eigenvalue weighted by atomic mass is 32.1. The third kappa shape index (κ3) is 1.96. The van der Waals surface area contributed by atoms with E-state index in [9.17, 15) is 0 Å². The van der Waals surface area contributed by atoms with Crippen LogP contribution in [0.5, 0.6) is 0 Å². The second-order valence-corrected chi connectivity index (χ2v) is 8.43. The van der Waals surface area contributed by atoms with E-state index < -0.39 is 0 Å². The van der Waals surface area contributed by atoms with E-state index in [0.29, 0.717) is 10.2 Å². The molecule has 110 valence electrons. The van der Waals surface area contributed by atoms with E-state index in [-0.39, 0.29) is 0 Å². The molecule has 3 heterocycles. The number of aryl methyl sites for hydroxylation is 1. The Bertz CT molecular complexity index is 894. The van der Waals surface area contributed by atoms with E-state index in [1.807, 2.05) is 15.7 Å². The van der Waals surface area contributed by atoms with E-state index in [1.165, 1.54) is 22.2 Å². The maximum Gasteiger partial charge on any atom is 0.200 e. The zero-order valence-electron chi connectivity index (χ0n) is 12.4. The molecule has 4 rings (SSSR count). The fourth-order valence-electron chi connectivity index (χ4n) is 3.33. The van der Waals surface area contributed by atoms with Crippen molar-refractivity contribution >= 4 is 39.4 Å². The molecule has 0 bridgehead atoms. The van der Waals surface area contributed by atoms with Gasteiger partial charge in [0.1, 0.15) is 11.2 Å². The number of aromatic nitrogens is 4. The van der Waals surface area contributed by atoms with Crippen molar-refractivity contribution in [2.45, 2.75) is 40.0 Å². The summed E-state index contributed by atoms with van der Waals surface area (Å²) in [5, 5.41) is 8.49. The summed E-state index contributed by atoms with van der Waals surface area (Å²) in [5.41, 5.74) is 2.74. The number of hydrogen-bond acceptors (Lipinski definition) is 4. The van der Waals surface area contributed by atoms with Crippen molar-refractivity contribution in [2.24, 2.45) is 11.3 Å². The van der Waals surface area contributed by atoms with Gasteiger partial charge in [0, 0.05) is 4.88 Å². The molecule has 1 N–H and O–H groups in total. The molecule has 0 spiro atoms. The third-order valence-electron chi connectivity index (χ3n) is 4.69. The summed E-state index contributed by atoms with van der Waals surface area (Å²) in [5.74, 6) is 0.745. The number of nitrogens with zero attached hydrogens (tertiary/aromatic N) is 3. The Morgan fingerprint density at radius 2 is 2.24 bits per heavy atom. The minimum Gasteiger partial charge on any atom is -0.258 e.